The molecule has 0 spiro atoms. The summed E-state index contributed by atoms with van der Waals surface area (Å²) in [5, 5.41) is 3.97. The molecule has 0 aliphatic carbocycles. The molecular weight excluding hydrogens is 360 g/mol. The van der Waals surface area contributed by atoms with Crippen LogP contribution in [0.3, 0.4) is 0 Å². The number of sulfone groups is 1. The number of hydrogen-bond acceptors (Lipinski definition) is 7. The van der Waals surface area contributed by atoms with E-state index in [0.29, 0.717) is 16.6 Å². The number of fused-ring (bicyclic) bond motifs is 1. The summed E-state index contributed by atoms with van der Waals surface area (Å²) in [6.45, 7) is 0.513. The van der Waals surface area contributed by atoms with Crippen molar-refractivity contribution in [2.24, 2.45) is 0 Å². The molecule has 8 heteroatoms. The van der Waals surface area contributed by atoms with Gasteiger partial charge in [0.05, 0.1) is 29.3 Å². The molecule has 132 valence electrons. The third-order valence-corrected chi connectivity index (χ3v) is 5.79. The van der Waals surface area contributed by atoms with E-state index in [2.05, 4.69) is 10.3 Å². The average Bonchev–Trinajstić information content (AvgIpc) is 3.00. The second-order valence-corrected chi connectivity index (χ2v) is 8.50. The van der Waals surface area contributed by atoms with Gasteiger partial charge in [-0.25, -0.2) is 13.4 Å². The van der Waals surface area contributed by atoms with E-state index in [4.69, 9.17) is 9.47 Å². The van der Waals surface area contributed by atoms with E-state index < -0.39 is 9.84 Å². The quantitative estimate of drug-likeness (QED) is 0.709. The summed E-state index contributed by atoms with van der Waals surface area (Å²) in [5.74, 6) is 1.51. The minimum absolute atomic E-state index is 0.296. The van der Waals surface area contributed by atoms with Crippen molar-refractivity contribution in [2.45, 2.75) is 11.4 Å². The van der Waals surface area contributed by atoms with Crippen molar-refractivity contribution in [1.29, 1.82) is 0 Å². The smallest absolute Gasteiger partial charge is 0.184 e. The van der Waals surface area contributed by atoms with E-state index >= 15 is 0 Å². The molecule has 0 aliphatic rings. The third kappa shape index (κ3) is 3.85. The molecule has 0 saturated heterocycles. The first-order chi connectivity index (χ1) is 11.9. The highest BCUT2D eigenvalue weighted by Crippen LogP contribution is 2.30. The topological polar surface area (TPSA) is 77.5 Å². The first-order valence-electron chi connectivity index (χ1n) is 7.46. The first kappa shape index (κ1) is 17.5. The van der Waals surface area contributed by atoms with E-state index in [1.54, 1.807) is 32.4 Å². The number of thiazole rings is 1. The minimum Gasteiger partial charge on any atom is -0.497 e. The maximum atomic E-state index is 11.7. The third-order valence-electron chi connectivity index (χ3n) is 3.71. The second kappa shape index (κ2) is 6.89. The van der Waals surface area contributed by atoms with Crippen LogP contribution in [0.2, 0.25) is 0 Å². The van der Waals surface area contributed by atoms with Gasteiger partial charge in [-0.1, -0.05) is 11.3 Å². The van der Waals surface area contributed by atoms with Crippen molar-refractivity contribution >= 4 is 36.5 Å². The number of methoxy groups -OCH3 is 2. The summed E-state index contributed by atoms with van der Waals surface area (Å²) in [6.07, 6.45) is 1.20. The number of nitrogens with one attached hydrogen (secondary N) is 1. The van der Waals surface area contributed by atoms with Crippen molar-refractivity contribution in [3.8, 4) is 11.5 Å². The van der Waals surface area contributed by atoms with E-state index in [0.717, 1.165) is 27.3 Å². The van der Waals surface area contributed by atoms with Crippen LogP contribution >= 0.6 is 11.3 Å². The Morgan fingerprint density at radius 1 is 1.12 bits per heavy atom. The van der Waals surface area contributed by atoms with Gasteiger partial charge in [0, 0.05) is 18.4 Å². The fourth-order valence-corrected chi connectivity index (χ4v) is 4.02. The number of hydrogen-bond donors (Lipinski definition) is 1. The standard InChI is InChI=1S/C17H18N2O4S2/c1-22-12-4-7-15(23-2)11(8-12)10-18-17-19-14-6-5-13(25(3,20)21)9-16(14)24-17/h4-9H,10H2,1-3H3,(H,18,19). The van der Waals surface area contributed by atoms with Crippen LogP contribution in [-0.4, -0.2) is 33.9 Å². The van der Waals surface area contributed by atoms with Crippen LogP contribution in [0.4, 0.5) is 5.13 Å². The predicted octanol–water partition coefficient (Wildman–Crippen LogP) is 3.33. The molecule has 0 fully saturated rings. The summed E-state index contributed by atoms with van der Waals surface area (Å²) in [6, 6.07) is 10.5. The minimum atomic E-state index is -3.23. The number of nitrogens with zero attached hydrogens (tertiary/aromatic N) is 1. The van der Waals surface area contributed by atoms with Crippen LogP contribution in [-0.2, 0) is 16.4 Å². The zero-order chi connectivity index (χ0) is 18.0. The molecule has 1 aromatic heterocycles. The Balaban J connectivity index is 1.84. The molecule has 0 amide bonds. The Morgan fingerprint density at radius 2 is 1.92 bits per heavy atom. The maximum Gasteiger partial charge on any atom is 0.184 e. The van der Waals surface area contributed by atoms with Crippen LogP contribution in [0.1, 0.15) is 5.56 Å². The van der Waals surface area contributed by atoms with E-state index in [1.165, 1.54) is 17.6 Å². The van der Waals surface area contributed by atoms with E-state index in [9.17, 15) is 8.42 Å². The van der Waals surface area contributed by atoms with Gasteiger partial charge < -0.3 is 14.8 Å². The molecule has 0 radical (unpaired) electrons. The summed E-state index contributed by atoms with van der Waals surface area (Å²) in [7, 11) is 0.00880. The first-order valence-corrected chi connectivity index (χ1v) is 10.2. The van der Waals surface area contributed by atoms with Gasteiger partial charge in [0.15, 0.2) is 15.0 Å². The van der Waals surface area contributed by atoms with Gasteiger partial charge in [-0.05, 0) is 36.4 Å². The SMILES string of the molecule is COc1ccc(OC)c(CNc2nc3ccc(S(C)(=O)=O)cc3s2)c1. The Bertz CT molecular complexity index is 1010. The second-order valence-electron chi connectivity index (χ2n) is 5.45. The maximum absolute atomic E-state index is 11.7. The summed E-state index contributed by atoms with van der Waals surface area (Å²) < 4.78 is 34.8. The lowest BCUT2D eigenvalue weighted by molar-refractivity contribution is 0.399. The molecule has 0 unspecified atom stereocenters. The Morgan fingerprint density at radius 3 is 2.60 bits per heavy atom. The van der Waals surface area contributed by atoms with Gasteiger partial charge in [0.2, 0.25) is 0 Å². The lowest BCUT2D eigenvalue weighted by atomic mass is 10.2. The Labute approximate surface area is 150 Å². The number of anilines is 1. The molecule has 1 heterocycles. The van der Waals surface area contributed by atoms with Crippen molar-refractivity contribution in [3.63, 3.8) is 0 Å². The Hall–Kier alpha value is -2.32. The lowest BCUT2D eigenvalue weighted by Crippen LogP contribution is -2.01. The molecule has 0 saturated carbocycles. The molecule has 6 nitrogen and oxygen atoms in total. The number of aromatic nitrogens is 1. The molecule has 0 atom stereocenters. The van der Waals surface area contributed by atoms with Crippen LogP contribution < -0.4 is 14.8 Å². The summed E-state index contributed by atoms with van der Waals surface area (Å²) >= 11 is 1.41. The molecule has 2 aromatic carbocycles. The number of benzene rings is 2. The van der Waals surface area contributed by atoms with Gasteiger partial charge in [0.25, 0.3) is 0 Å². The van der Waals surface area contributed by atoms with Crippen molar-refractivity contribution in [3.05, 3.63) is 42.0 Å². The van der Waals surface area contributed by atoms with Crippen molar-refractivity contribution in [2.75, 3.05) is 25.8 Å². The number of ether oxygens (including phenoxy) is 2. The van der Waals surface area contributed by atoms with Gasteiger partial charge in [-0.15, -0.1) is 0 Å². The predicted molar refractivity (Wildman–Crippen MR) is 99.6 cm³/mol. The molecule has 3 rings (SSSR count). The van der Waals surface area contributed by atoms with Gasteiger partial charge >= 0.3 is 0 Å². The van der Waals surface area contributed by atoms with Gasteiger partial charge in [-0.2, -0.15) is 0 Å². The molecular formula is C17H18N2O4S2. The number of rotatable bonds is 6. The Kier molecular flexibility index (Phi) is 4.82. The molecule has 3 aromatic rings. The van der Waals surface area contributed by atoms with Crippen LogP contribution in [0, 0.1) is 0 Å². The van der Waals surface area contributed by atoms with Crippen LogP contribution in [0.15, 0.2) is 41.3 Å². The summed E-state index contributed by atoms with van der Waals surface area (Å²) in [4.78, 5) is 4.79. The highest BCUT2D eigenvalue weighted by Gasteiger charge is 2.11. The molecule has 0 aliphatic heterocycles. The van der Waals surface area contributed by atoms with Crippen LogP contribution in [0.5, 0.6) is 11.5 Å². The molecule has 25 heavy (non-hydrogen) atoms. The fraction of sp³-hybridized carbons (Fsp3) is 0.235. The highest BCUT2D eigenvalue weighted by atomic mass is 32.2. The monoisotopic (exact) mass is 378 g/mol. The van der Waals surface area contributed by atoms with Crippen LogP contribution in [0.25, 0.3) is 10.2 Å². The van der Waals surface area contributed by atoms with E-state index in [1.807, 2.05) is 18.2 Å². The highest BCUT2D eigenvalue weighted by molar-refractivity contribution is 7.90. The van der Waals surface area contributed by atoms with Gasteiger partial charge in [0.1, 0.15) is 11.5 Å². The summed E-state index contributed by atoms with van der Waals surface area (Å²) in [5.41, 5.74) is 1.70. The van der Waals surface area contributed by atoms with Crippen molar-refractivity contribution < 1.29 is 17.9 Å². The largest absolute Gasteiger partial charge is 0.497 e. The molecule has 1 N–H and O–H groups in total. The zero-order valence-corrected chi connectivity index (χ0v) is 15.7. The van der Waals surface area contributed by atoms with Gasteiger partial charge in [-0.3, -0.25) is 0 Å². The fourth-order valence-electron chi connectivity index (χ4n) is 2.40. The average molecular weight is 378 g/mol. The normalized spacial score (nSPS) is 11.5. The van der Waals surface area contributed by atoms with E-state index in [-0.39, 0.29) is 0 Å². The lowest BCUT2D eigenvalue weighted by Gasteiger charge is -2.10. The van der Waals surface area contributed by atoms with Crippen molar-refractivity contribution in [1.82, 2.24) is 4.98 Å². The zero-order valence-electron chi connectivity index (χ0n) is 14.1. The molecule has 0 bridgehead atoms.